The first kappa shape index (κ1) is 20.2. The van der Waals surface area contributed by atoms with E-state index in [9.17, 15) is 9.59 Å². The minimum absolute atomic E-state index is 0.135. The molecule has 0 bridgehead atoms. The molecule has 6 nitrogen and oxygen atoms in total. The summed E-state index contributed by atoms with van der Waals surface area (Å²) in [6, 6.07) is 13.0. The number of hydrogen-bond acceptors (Lipinski definition) is 4. The summed E-state index contributed by atoms with van der Waals surface area (Å²) in [5.41, 5.74) is 6.39. The van der Waals surface area contributed by atoms with Crippen LogP contribution in [0.5, 0.6) is 0 Å². The summed E-state index contributed by atoms with van der Waals surface area (Å²) in [7, 11) is 1.57. The molecule has 0 spiro atoms. The van der Waals surface area contributed by atoms with Crippen molar-refractivity contribution in [3.8, 4) is 6.07 Å². The number of carbonyl (C=O) groups is 2. The van der Waals surface area contributed by atoms with Crippen molar-refractivity contribution < 1.29 is 9.59 Å². The molecule has 144 valence electrons. The third-order valence-corrected chi connectivity index (χ3v) is 5.71. The number of benzene rings is 2. The zero-order valence-corrected chi connectivity index (χ0v) is 16.8. The second-order valence-corrected chi connectivity index (χ2v) is 7.65. The van der Waals surface area contributed by atoms with E-state index in [4.69, 9.17) is 34.2 Å². The highest BCUT2D eigenvalue weighted by atomic mass is 35.5. The van der Waals surface area contributed by atoms with Gasteiger partial charge in [-0.2, -0.15) is 5.26 Å². The molecule has 1 aliphatic rings. The number of hydrogen-bond donors (Lipinski definition) is 1. The molecule has 8 heteroatoms. The lowest BCUT2D eigenvalue weighted by Crippen LogP contribution is -2.52. The molecule has 2 aromatic rings. The minimum Gasteiger partial charge on any atom is -0.330 e. The Hall–Kier alpha value is -2.59. The van der Waals surface area contributed by atoms with Crippen molar-refractivity contribution in [3.05, 3.63) is 63.6 Å². The van der Waals surface area contributed by atoms with E-state index in [0.29, 0.717) is 21.3 Å². The minimum atomic E-state index is -1.21. The highest BCUT2D eigenvalue weighted by Gasteiger charge is 2.57. The van der Waals surface area contributed by atoms with Crippen LogP contribution in [0.25, 0.3) is 0 Å². The molecule has 0 aliphatic carbocycles. The van der Waals surface area contributed by atoms with E-state index in [1.165, 1.54) is 23.1 Å². The van der Waals surface area contributed by atoms with Crippen LogP contribution in [0.4, 0.5) is 10.5 Å². The summed E-state index contributed by atoms with van der Waals surface area (Å²) >= 11 is 12.1. The number of amides is 3. The van der Waals surface area contributed by atoms with Crippen LogP contribution in [0.2, 0.25) is 10.0 Å². The van der Waals surface area contributed by atoms with Gasteiger partial charge in [0.1, 0.15) is 5.54 Å². The van der Waals surface area contributed by atoms with Crippen LogP contribution in [0.3, 0.4) is 0 Å². The summed E-state index contributed by atoms with van der Waals surface area (Å²) in [5.74, 6) is -0.889. The lowest BCUT2D eigenvalue weighted by molar-refractivity contribution is -0.124. The van der Waals surface area contributed by atoms with Crippen LogP contribution in [-0.2, 0) is 4.79 Å². The lowest BCUT2D eigenvalue weighted by atomic mass is 9.79. The van der Waals surface area contributed by atoms with Gasteiger partial charge in [0.15, 0.2) is 0 Å². The second-order valence-electron chi connectivity index (χ2n) is 6.78. The highest BCUT2D eigenvalue weighted by molar-refractivity contribution is 6.35. The predicted octanol–water partition coefficient (Wildman–Crippen LogP) is 3.76. The van der Waals surface area contributed by atoms with Gasteiger partial charge in [-0.3, -0.25) is 4.79 Å². The fourth-order valence-electron chi connectivity index (χ4n) is 3.56. The molecule has 28 heavy (non-hydrogen) atoms. The molecule has 0 aromatic heterocycles. The van der Waals surface area contributed by atoms with Crippen LogP contribution in [0.1, 0.15) is 24.0 Å². The van der Waals surface area contributed by atoms with Crippen LogP contribution < -0.4 is 10.6 Å². The summed E-state index contributed by atoms with van der Waals surface area (Å²) in [6.45, 7) is 1.82. The van der Waals surface area contributed by atoms with Crippen LogP contribution in [0, 0.1) is 11.3 Å². The second kappa shape index (κ2) is 7.44. The maximum Gasteiger partial charge on any atom is 0.332 e. The molecule has 3 rings (SSSR count). The van der Waals surface area contributed by atoms with Crippen molar-refractivity contribution in [2.75, 3.05) is 18.5 Å². The van der Waals surface area contributed by atoms with Crippen molar-refractivity contribution in [1.29, 1.82) is 5.26 Å². The molecule has 1 saturated heterocycles. The molecule has 0 unspecified atom stereocenters. The maximum absolute atomic E-state index is 13.4. The fraction of sp³-hybridized carbons (Fsp3) is 0.250. The van der Waals surface area contributed by atoms with Gasteiger partial charge in [0.2, 0.25) is 0 Å². The number of likely N-dealkylation sites (N-methyl/N-ethyl adjacent to an activating group) is 1. The highest BCUT2D eigenvalue weighted by Crippen LogP contribution is 2.41. The van der Waals surface area contributed by atoms with Crippen LogP contribution >= 0.6 is 23.2 Å². The maximum atomic E-state index is 13.4. The van der Waals surface area contributed by atoms with E-state index in [1.807, 2.05) is 0 Å². The Morgan fingerprint density at radius 1 is 1.14 bits per heavy atom. The first-order valence-electron chi connectivity index (χ1n) is 8.52. The standard InChI is InChI=1S/C20H18Cl2N4O2/c1-20(17(11-24)13-5-3-12(10-23)4-6-13)18(27)26(19(28)25(20)2)16-8-14(21)7-15(22)9-16/h3-9,17H,11,24H2,1-2H3/t17-,20+/m0/s1. The van der Waals surface area contributed by atoms with Crippen molar-refractivity contribution in [2.45, 2.75) is 18.4 Å². The third-order valence-electron chi connectivity index (χ3n) is 5.27. The summed E-state index contributed by atoms with van der Waals surface area (Å²) < 4.78 is 0. The SMILES string of the molecule is CN1C(=O)N(c2cc(Cl)cc(Cl)c2)C(=O)[C@@]1(C)[C@@H](CN)c1ccc(C#N)cc1. The molecule has 0 radical (unpaired) electrons. The van der Waals surface area contributed by atoms with Gasteiger partial charge in [-0.25, -0.2) is 9.69 Å². The largest absolute Gasteiger partial charge is 0.332 e. The molecule has 1 fully saturated rings. The number of nitrogens with two attached hydrogens (primary N) is 1. The molecule has 2 atom stereocenters. The number of anilines is 1. The van der Waals surface area contributed by atoms with E-state index >= 15 is 0 Å². The average molecular weight is 417 g/mol. The summed E-state index contributed by atoms with van der Waals surface area (Å²) in [4.78, 5) is 28.9. The first-order valence-corrected chi connectivity index (χ1v) is 9.28. The van der Waals surface area contributed by atoms with Gasteiger partial charge < -0.3 is 10.6 Å². The quantitative estimate of drug-likeness (QED) is 0.767. The molecule has 2 aromatic carbocycles. The van der Waals surface area contributed by atoms with Gasteiger partial charge in [0.05, 0.1) is 17.3 Å². The van der Waals surface area contributed by atoms with Gasteiger partial charge in [-0.05, 0) is 42.8 Å². The number of nitriles is 1. The molecular formula is C20H18Cl2N4O2. The zero-order chi connectivity index (χ0) is 20.6. The fourth-order valence-corrected chi connectivity index (χ4v) is 4.08. The number of halogens is 2. The van der Waals surface area contributed by atoms with Crippen molar-refractivity contribution >= 4 is 40.8 Å². The topological polar surface area (TPSA) is 90.4 Å². The van der Waals surface area contributed by atoms with Crippen LogP contribution in [0.15, 0.2) is 42.5 Å². The average Bonchev–Trinajstić information content (AvgIpc) is 2.83. The molecule has 2 N–H and O–H groups in total. The zero-order valence-electron chi connectivity index (χ0n) is 15.3. The van der Waals surface area contributed by atoms with Crippen molar-refractivity contribution in [1.82, 2.24) is 4.90 Å². The summed E-state index contributed by atoms with van der Waals surface area (Å²) in [6.07, 6.45) is 0. The van der Waals surface area contributed by atoms with E-state index < -0.39 is 23.4 Å². The van der Waals surface area contributed by atoms with E-state index in [1.54, 1.807) is 38.2 Å². The Bertz CT molecular complexity index is 966. The number of rotatable bonds is 4. The Morgan fingerprint density at radius 2 is 1.71 bits per heavy atom. The number of imide groups is 1. The Balaban J connectivity index is 2.07. The molecular weight excluding hydrogens is 399 g/mol. The van der Waals surface area contributed by atoms with E-state index in [2.05, 4.69) is 6.07 Å². The molecule has 1 heterocycles. The monoisotopic (exact) mass is 416 g/mol. The first-order chi connectivity index (χ1) is 13.2. The van der Waals surface area contributed by atoms with Crippen LogP contribution in [-0.4, -0.2) is 36.0 Å². The summed E-state index contributed by atoms with van der Waals surface area (Å²) in [5, 5.41) is 9.64. The Kier molecular flexibility index (Phi) is 5.35. The van der Waals surface area contributed by atoms with Crippen molar-refractivity contribution in [3.63, 3.8) is 0 Å². The smallest absolute Gasteiger partial charge is 0.330 e. The molecule has 0 saturated carbocycles. The number of urea groups is 1. The van der Waals surface area contributed by atoms with Gasteiger partial charge in [-0.15, -0.1) is 0 Å². The third kappa shape index (κ3) is 3.12. The molecule has 1 aliphatic heterocycles. The van der Waals surface area contributed by atoms with Crippen molar-refractivity contribution in [2.24, 2.45) is 5.73 Å². The predicted molar refractivity (Wildman–Crippen MR) is 108 cm³/mol. The van der Waals surface area contributed by atoms with Gasteiger partial charge >= 0.3 is 6.03 Å². The number of carbonyl (C=O) groups excluding carboxylic acids is 2. The normalized spacial score (nSPS) is 20.4. The van der Waals surface area contributed by atoms with Gasteiger partial charge in [-0.1, -0.05) is 35.3 Å². The Morgan fingerprint density at radius 3 is 2.21 bits per heavy atom. The van der Waals surface area contributed by atoms with E-state index in [0.717, 1.165) is 10.5 Å². The lowest BCUT2D eigenvalue weighted by Gasteiger charge is -2.36. The van der Waals surface area contributed by atoms with E-state index in [-0.39, 0.29) is 6.54 Å². The van der Waals surface area contributed by atoms with Gasteiger partial charge in [0, 0.05) is 29.6 Å². The Labute approximate surface area is 173 Å². The van der Waals surface area contributed by atoms with Gasteiger partial charge in [0.25, 0.3) is 5.91 Å². The molecule has 3 amide bonds. The number of nitrogens with zero attached hydrogens (tertiary/aromatic N) is 3.